The molecule has 5 atom stereocenters. The monoisotopic (exact) mass is 582 g/mol. The fraction of sp³-hybridized carbons (Fsp3) is 0.324. The normalized spacial score (nSPS) is 22.5. The molecule has 2 bridgehead atoms. The van der Waals surface area contributed by atoms with Crippen LogP contribution in [0.5, 0.6) is 0 Å². The van der Waals surface area contributed by atoms with Gasteiger partial charge in [0.1, 0.15) is 0 Å². The Hall–Kier alpha value is -3.72. The summed E-state index contributed by atoms with van der Waals surface area (Å²) in [6, 6.07) is 24.9. The maximum Gasteiger partial charge on any atom is 0.261 e. The van der Waals surface area contributed by atoms with Crippen LogP contribution in [0.25, 0.3) is 10.9 Å². The first kappa shape index (κ1) is 28.4. The second-order valence-electron chi connectivity index (χ2n) is 11.6. The number of piperidine rings is 3. The minimum Gasteiger partial charge on any atom is -0.378 e. The standard InChI is InChI=1S/C34H38N4O3S/c1-4-25-22-38-19-17-26(25)20-33(38)34(41-23-24-8-6-5-7-9-24)30-16-18-35-32-15-10-27(21-31(30)32)36-42(39,40)29-13-11-28(12-14-29)37(2)3/h4-16,18,21,25-26,33-34,36H,1,17,19-20,22-23H2,2-3H3/t25?,26?,33?,34-/m0/s1. The molecule has 4 unspecified atom stereocenters. The summed E-state index contributed by atoms with van der Waals surface area (Å²) in [5.41, 5.74) is 4.38. The molecule has 7 nitrogen and oxygen atoms in total. The number of rotatable bonds is 10. The Morgan fingerprint density at radius 1 is 1.10 bits per heavy atom. The number of nitrogens with zero attached hydrogens (tertiary/aromatic N) is 3. The number of sulfonamides is 1. The first-order valence-corrected chi connectivity index (χ1v) is 16.0. The van der Waals surface area contributed by atoms with Crippen molar-refractivity contribution in [2.75, 3.05) is 36.8 Å². The number of hydrogen-bond donors (Lipinski definition) is 1. The molecule has 3 fully saturated rings. The summed E-state index contributed by atoms with van der Waals surface area (Å²) < 4.78 is 36.2. The van der Waals surface area contributed by atoms with E-state index in [9.17, 15) is 8.42 Å². The fourth-order valence-electron chi connectivity index (χ4n) is 6.48. The summed E-state index contributed by atoms with van der Waals surface area (Å²) in [4.78, 5) is 9.32. The van der Waals surface area contributed by atoms with E-state index < -0.39 is 10.0 Å². The number of nitrogens with one attached hydrogen (secondary N) is 1. The van der Waals surface area contributed by atoms with Gasteiger partial charge in [0.2, 0.25) is 0 Å². The number of ether oxygens (including phenoxy) is 1. The number of pyridine rings is 1. The highest BCUT2D eigenvalue weighted by Gasteiger charge is 2.43. The van der Waals surface area contributed by atoms with E-state index in [-0.39, 0.29) is 17.0 Å². The van der Waals surface area contributed by atoms with Crippen LogP contribution < -0.4 is 9.62 Å². The van der Waals surface area contributed by atoms with Crippen molar-refractivity contribution in [3.63, 3.8) is 0 Å². The molecule has 7 rings (SSSR count). The van der Waals surface area contributed by atoms with Crippen LogP contribution in [-0.4, -0.2) is 51.5 Å². The van der Waals surface area contributed by atoms with Gasteiger partial charge < -0.3 is 9.64 Å². The van der Waals surface area contributed by atoms with Crippen molar-refractivity contribution < 1.29 is 13.2 Å². The summed E-state index contributed by atoms with van der Waals surface area (Å²) in [6.07, 6.45) is 5.96. The molecule has 0 amide bonds. The van der Waals surface area contributed by atoms with Gasteiger partial charge in [-0.1, -0.05) is 36.4 Å². The summed E-state index contributed by atoms with van der Waals surface area (Å²) in [6.45, 7) is 6.62. The zero-order valence-corrected chi connectivity index (χ0v) is 25.0. The van der Waals surface area contributed by atoms with Crippen LogP contribution in [0.3, 0.4) is 0 Å². The van der Waals surface area contributed by atoms with E-state index in [0.29, 0.717) is 24.1 Å². The van der Waals surface area contributed by atoms with Crippen LogP contribution in [0, 0.1) is 11.8 Å². The molecule has 0 aliphatic carbocycles. The molecular formula is C34H38N4O3S. The van der Waals surface area contributed by atoms with Gasteiger partial charge in [-0.05, 0) is 90.9 Å². The van der Waals surface area contributed by atoms with Crippen molar-refractivity contribution in [3.05, 3.63) is 109 Å². The lowest BCUT2D eigenvalue weighted by atomic mass is 9.73. The van der Waals surface area contributed by atoms with Crippen LogP contribution in [0.2, 0.25) is 0 Å². The lowest BCUT2D eigenvalue weighted by Crippen LogP contribution is -2.55. The molecule has 1 N–H and O–H groups in total. The first-order chi connectivity index (χ1) is 20.3. The molecule has 3 aliphatic heterocycles. The Morgan fingerprint density at radius 3 is 2.57 bits per heavy atom. The molecule has 0 saturated carbocycles. The van der Waals surface area contributed by atoms with Crippen LogP contribution in [0.1, 0.15) is 30.1 Å². The molecule has 0 radical (unpaired) electrons. The lowest BCUT2D eigenvalue weighted by molar-refractivity contribution is -0.0803. The Kier molecular flexibility index (Phi) is 8.03. The molecule has 4 heterocycles. The molecule has 3 aromatic carbocycles. The van der Waals surface area contributed by atoms with Crippen molar-refractivity contribution in [1.82, 2.24) is 9.88 Å². The molecule has 3 aliphatic rings. The van der Waals surface area contributed by atoms with Gasteiger partial charge in [-0.2, -0.15) is 0 Å². The molecule has 4 aromatic rings. The van der Waals surface area contributed by atoms with Gasteiger partial charge in [0, 0.05) is 49.6 Å². The summed E-state index contributed by atoms with van der Waals surface area (Å²) >= 11 is 0. The number of benzene rings is 3. The van der Waals surface area contributed by atoms with E-state index >= 15 is 0 Å². The highest BCUT2D eigenvalue weighted by atomic mass is 32.2. The maximum atomic E-state index is 13.3. The summed E-state index contributed by atoms with van der Waals surface area (Å²) in [5.74, 6) is 1.10. The average Bonchev–Trinajstić information content (AvgIpc) is 3.02. The highest BCUT2D eigenvalue weighted by molar-refractivity contribution is 7.92. The van der Waals surface area contributed by atoms with Gasteiger partial charge in [0.15, 0.2) is 0 Å². The van der Waals surface area contributed by atoms with Crippen molar-refractivity contribution in [3.8, 4) is 0 Å². The van der Waals surface area contributed by atoms with Crippen LogP contribution in [0.4, 0.5) is 11.4 Å². The van der Waals surface area contributed by atoms with Crippen LogP contribution in [0.15, 0.2) is 103 Å². The minimum absolute atomic E-state index is 0.199. The number of hydrogen-bond acceptors (Lipinski definition) is 6. The fourth-order valence-corrected chi connectivity index (χ4v) is 7.53. The molecule has 8 heteroatoms. The van der Waals surface area contributed by atoms with Crippen molar-refractivity contribution in [2.24, 2.45) is 11.8 Å². The third-order valence-electron chi connectivity index (χ3n) is 8.77. The summed E-state index contributed by atoms with van der Waals surface area (Å²) in [5, 5.41) is 0.890. The molecule has 3 saturated heterocycles. The molecule has 0 spiro atoms. The van der Waals surface area contributed by atoms with Crippen molar-refractivity contribution in [1.29, 1.82) is 0 Å². The van der Waals surface area contributed by atoms with Crippen molar-refractivity contribution in [2.45, 2.75) is 36.5 Å². The maximum absolute atomic E-state index is 13.3. The van der Waals surface area contributed by atoms with Crippen LogP contribution in [-0.2, 0) is 21.4 Å². The van der Waals surface area contributed by atoms with E-state index in [2.05, 4.69) is 39.4 Å². The largest absolute Gasteiger partial charge is 0.378 e. The topological polar surface area (TPSA) is 74.8 Å². The van der Waals surface area contributed by atoms with E-state index in [4.69, 9.17) is 4.74 Å². The lowest BCUT2D eigenvalue weighted by Gasteiger charge is -2.51. The Balaban J connectivity index is 1.34. The number of fused-ring (bicyclic) bond motifs is 4. The summed E-state index contributed by atoms with van der Waals surface area (Å²) in [7, 11) is 0.0682. The first-order valence-electron chi connectivity index (χ1n) is 14.5. The van der Waals surface area contributed by atoms with E-state index in [1.54, 1.807) is 30.3 Å². The zero-order valence-electron chi connectivity index (χ0n) is 24.2. The Morgan fingerprint density at radius 2 is 1.88 bits per heavy atom. The average molecular weight is 583 g/mol. The molecule has 42 heavy (non-hydrogen) atoms. The SMILES string of the molecule is C=CC1CN2CCC1CC2[C@@H](OCc1ccccc1)c1ccnc2ccc(NS(=O)(=O)c3ccc(N(C)C)cc3)cc12. The van der Waals surface area contributed by atoms with Gasteiger partial charge >= 0.3 is 0 Å². The minimum atomic E-state index is -3.78. The highest BCUT2D eigenvalue weighted by Crippen LogP contribution is 2.44. The van der Waals surface area contributed by atoms with Gasteiger partial charge in [0.05, 0.1) is 23.1 Å². The molecule has 218 valence electrons. The number of aromatic nitrogens is 1. The predicted molar refractivity (Wildman–Crippen MR) is 169 cm³/mol. The second kappa shape index (κ2) is 11.9. The van der Waals surface area contributed by atoms with Crippen molar-refractivity contribution >= 4 is 32.3 Å². The third kappa shape index (κ3) is 5.79. The number of anilines is 2. The van der Waals surface area contributed by atoms with Crippen LogP contribution >= 0.6 is 0 Å². The Labute approximate surface area is 248 Å². The molecular weight excluding hydrogens is 544 g/mol. The van der Waals surface area contributed by atoms with E-state index in [1.807, 2.05) is 61.6 Å². The van der Waals surface area contributed by atoms with Gasteiger partial charge in [-0.15, -0.1) is 6.58 Å². The van der Waals surface area contributed by atoms with E-state index in [0.717, 1.165) is 47.2 Å². The van der Waals surface area contributed by atoms with Gasteiger partial charge in [-0.3, -0.25) is 14.6 Å². The predicted octanol–water partition coefficient (Wildman–Crippen LogP) is 6.26. The van der Waals surface area contributed by atoms with E-state index in [1.165, 1.54) is 6.42 Å². The van der Waals surface area contributed by atoms with Gasteiger partial charge in [0.25, 0.3) is 10.0 Å². The smallest absolute Gasteiger partial charge is 0.261 e. The third-order valence-corrected chi connectivity index (χ3v) is 10.2. The second-order valence-corrected chi connectivity index (χ2v) is 13.3. The zero-order chi connectivity index (χ0) is 29.3. The Bertz CT molecular complexity index is 1660. The van der Waals surface area contributed by atoms with Gasteiger partial charge in [-0.25, -0.2) is 8.42 Å². The quantitative estimate of drug-likeness (QED) is 0.223. The molecule has 1 aromatic heterocycles.